The lowest BCUT2D eigenvalue weighted by Gasteiger charge is -2.36. The van der Waals surface area contributed by atoms with Crippen LogP contribution in [0.25, 0.3) is 10.8 Å². The monoisotopic (exact) mass is 1230 g/mol. The van der Waals surface area contributed by atoms with E-state index >= 15 is 4.79 Å². The van der Waals surface area contributed by atoms with Gasteiger partial charge in [-0.2, -0.15) is 0 Å². The van der Waals surface area contributed by atoms with Crippen molar-refractivity contribution >= 4 is 63.9 Å². The number of carbonyl (C=O) groups excluding carboxylic acids is 9. The van der Waals surface area contributed by atoms with Crippen LogP contribution in [0, 0.1) is 5.41 Å². The van der Waals surface area contributed by atoms with Crippen molar-refractivity contribution in [1.82, 2.24) is 30.2 Å². The summed E-state index contributed by atoms with van der Waals surface area (Å²) < 4.78 is 34.8. The summed E-state index contributed by atoms with van der Waals surface area (Å²) in [6.45, 7) is 8.65. The van der Waals surface area contributed by atoms with Crippen molar-refractivity contribution in [2.24, 2.45) is 5.41 Å². The number of aromatic hydroxyl groups is 1. The van der Waals surface area contributed by atoms with Crippen LogP contribution in [0.2, 0.25) is 0 Å². The van der Waals surface area contributed by atoms with Gasteiger partial charge in [0.05, 0.1) is 38.4 Å². The zero-order chi connectivity index (χ0) is 65.2. The van der Waals surface area contributed by atoms with E-state index in [1.54, 1.807) is 51.1 Å². The van der Waals surface area contributed by atoms with Crippen LogP contribution in [0.15, 0.2) is 91.0 Å². The molecule has 0 aliphatic carbocycles. The third-order valence-electron chi connectivity index (χ3n) is 15.9. The van der Waals surface area contributed by atoms with Crippen LogP contribution in [0.5, 0.6) is 23.0 Å². The van der Waals surface area contributed by atoms with Crippen LogP contribution in [-0.4, -0.2) is 182 Å². The summed E-state index contributed by atoms with van der Waals surface area (Å²) in [5.74, 6) is -6.07. The molecule has 2 aliphatic rings. The van der Waals surface area contributed by atoms with Crippen LogP contribution in [0.3, 0.4) is 0 Å². The van der Waals surface area contributed by atoms with Crippen molar-refractivity contribution in [1.29, 1.82) is 0 Å². The number of benzene rings is 4. The lowest BCUT2D eigenvalue weighted by Crippen LogP contribution is -2.59. The molecule has 22 heteroatoms. The normalized spacial score (nSPS) is 21.5. The van der Waals surface area contributed by atoms with E-state index in [0.29, 0.717) is 42.4 Å². The van der Waals surface area contributed by atoms with Crippen LogP contribution in [-0.2, 0) is 70.2 Å². The maximum absolute atomic E-state index is 15.1. The number of fused-ring (bicyclic) bond motifs is 4. The highest BCUT2D eigenvalue weighted by molar-refractivity contribution is 6.38. The molecule has 4 aromatic rings. The van der Waals surface area contributed by atoms with Crippen molar-refractivity contribution in [3.63, 3.8) is 0 Å². The number of hydrogen-bond donors (Lipinski definition) is 3. The molecule has 3 N–H and O–H groups in total. The molecule has 2 heterocycles. The molecule has 482 valence electrons. The summed E-state index contributed by atoms with van der Waals surface area (Å²) in [6.07, 6.45) is 4.75. The molecule has 2 aliphatic heterocycles. The van der Waals surface area contributed by atoms with E-state index in [-0.39, 0.29) is 81.2 Å². The predicted molar refractivity (Wildman–Crippen MR) is 332 cm³/mol. The van der Waals surface area contributed by atoms with Gasteiger partial charge in [-0.1, -0.05) is 80.4 Å². The molecule has 1 saturated heterocycles. The number of unbranched alkanes of at least 4 members (excludes halogenated alkanes) is 1. The number of piperidine rings is 1. The maximum atomic E-state index is 15.1. The summed E-state index contributed by atoms with van der Waals surface area (Å²) in [4.78, 5) is 133. The number of aryl methyl sites for hydroxylation is 1. The van der Waals surface area contributed by atoms with Gasteiger partial charge < -0.3 is 63.8 Å². The second kappa shape index (κ2) is 32.1. The van der Waals surface area contributed by atoms with Gasteiger partial charge >= 0.3 is 11.9 Å². The van der Waals surface area contributed by atoms with Gasteiger partial charge in [-0.05, 0) is 131 Å². The quantitative estimate of drug-likeness (QED) is 0.0996. The van der Waals surface area contributed by atoms with E-state index in [1.807, 2.05) is 49.4 Å². The van der Waals surface area contributed by atoms with Gasteiger partial charge in [0, 0.05) is 46.7 Å². The molecule has 0 unspecified atom stereocenters. The number of nitrogens with one attached hydrogen (secondary N) is 2. The first-order valence-corrected chi connectivity index (χ1v) is 30.3. The van der Waals surface area contributed by atoms with Crippen LogP contribution < -0.4 is 24.8 Å². The molecule has 0 radical (unpaired) electrons. The molecule has 0 aromatic heterocycles. The van der Waals surface area contributed by atoms with Crippen molar-refractivity contribution in [2.45, 2.75) is 142 Å². The Morgan fingerprint density at radius 3 is 2.21 bits per heavy atom. The third-order valence-corrected chi connectivity index (χ3v) is 15.9. The number of esters is 2. The number of carbonyl (C=O) groups is 9. The minimum atomic E-state index is -1.52. The number of phenolic OH excluding ortho intramolecular Hbond substituents is 1. The fourth-order valence-corrected chi connectivity index (χ4v) is 10.4. The summed E-state index contributed by atoms with van der Waals surface area (Å²) in [5.41, 5.74) is -0.539. The lowest BCUT2D eigenvalue weighted by molar-refractivity contribution is -0.165. The highest BCUT2D eigenvalue weighted by Crippen LogP contribution is 2.39. The molecule has 6 rings (SSSR count). The Morgan fingerprint density at radius 2 is 1.51 bits per heavy atom. The summed E-state index contributed by atoms with van der Waals surface area (Å²) in [5, 5.41) is 18.3. The van der Waals surface area contributed by atoms with Crippen molar-refractivity contribution < 1.29 is 76.7 Å². The van der Waals surface area contributed by atoms with Gasteiger partial charge in [0.2, 0.25) is 35.2 Å². The van der Waals surface area contributed by atoms with Crippen molar-refractivity contribution in [3.05, 3.63) is 108 Å². The third kappa shape index (κ3) is 19.5. The van der Waals surface area contributed by atoms with Gasteiger partial charge in [0.1, 0.15) is 42.6 Å². The fraction of sp³-hybridized carbons (Fsp3) is 0.507. The fourth-order valence-electron chi connectivity index (χ4n) is 10.4. The number of amides is 6. The number of ether oxygens (including phenoxy) is 6. The Bertz CT molecular complexity index is 3210. The molecule has 5 atom stereocenters. The Morgan fingerprint density at radius 1 is 0.764 bits per heavy atom. The average molecular weight is 1230 g/mol. The summed E-state index contributed by atoms with van der Waals surface area (Å²) in [6, 6.07) is 18.3. The van der Waals surface area contributed by atoms with Gasteiger partial charge in [-0.25, -0.2) is 9.59 Å². The Labute approximate surface area is 521 Å². The highest BCUT2D eigenvalue weighted by atomic mass is 16.5. The van der Waals surface area contributed by atoms with Gasteiger partial charge in [-0.15, -0.1) is 0 Å². The number of methoxy groups -OCH3 is 2. The van der Waals surface area contributed by atoms with E-state index in [2.05, 4.69) is 10.6 Å². The number of Topliss-reactive ketones (excluding diaryl/α,β-unsaturated/α-hetero) is 1. The number of phenols is 1. The van der Waals surface area contributed by atoms with E-state index in [9.17, 15) is 43.5 Å². The molecule has 1 fully saturated rings. The van der Waals surface area contributed by atoms with E-state index in [4.69, 9.17) is 28.4 Å². The molecule has 4 aromatic carbocycles. The standard InChI is InChI=1S/C67H88N6O16/c1-12-13-25-50-62(80)69-49(35-43-28-30-45-21-14-15-22-46(45)34-43)63(81)72(9)52(40-88-66(2,3)4)61(79)68-39-56(75)70(7)32-18-17-27-58(77)87-42-67(5,6)60(78)64(82)73-33-19-16-26-51(73)65(83)89-54(31-29-44-36-53(74)59(85-11)55(37-44)84-10)47-23-20-24-48(38-47)86-41-57(76)71(50)8/h14-15,17,20-24,27-28,30,34,36-38,49-52,54,74H,12-13,16,18-19,25-26,29,31-33,35,39-42H2,1-11H3,(H,68,79)(H,69,80)/t49-,50-,51-,52-,54+/m0/s1. The first-order valence-electron chi connectivity index (χ1n) is 30.3. The zero-order valence-corrected chi connectivity index (χ0v) is 53.2. The molecular formula is C67H88N6O16. The average Bonchev–Trinajstić information content (AvgIpc) is 2.34. The minimum Gasteiger partial charge on any atom is -0.504 e. The number of likely N-dealkylation sites (N-methyl/N-ethyl adjacent to an activating group) is 3. The number of ketones is 1. The van der Waals surface area contributed by atoms with E-state index in [1.165, 1.54) is 81.0 Å². The molecule has 0 saturated carbocycles. The Balaban J connectivity index is 1.36. The van der Waals surface area contributed by atoms with Gasteiger partial charge in [-0.3, -0.25) is 33.6 Å². The second-order valence-electron chi connectivity index (χ2n) is 24.2. The van der Waals surface area contributed by atoms with Gasteiger partial charge in [0.15, 0.2) is 18.1 Å². The van der Waals surface area contributed by atoms with Gasteiger partial charge in [0.25, 0.3) is 11.8 Å². The SMILES string of the molecule is CCCC[C@H]1C(=O)N[C@@H](Cc2ccc3ccccc3c2)C(=O)N(C)[C@@H](COC(C)(C)C)C(=O)NCC(=O)N(C)CCC=CC(=O)OCC(C)(C)C(=O)C(=O)N2CCCC[C@H]2C(=O)O[C@H](CCc2cc(O)c(OC)c(OC)c2)c2cccc(c2)OCC(=O)N1C. The summed E-state index contributed by atoms with van der Waals surface area (Å²) in [7, 11) is 7.24. The Hall–Kier alpha value is -8.53. The highest BCUT2D eigenvalue weighted by Gasteiger charge is 2.43. The minimum absolute atomic E-state index is 0.0109. The molecule has 2 bridgehead atoms. The zero-order valence-electron chi connectivity index (χ0n) is 53.2. The van der Waals surface area contributed by atoms with Crippen LogP contribution in [0.1, 0.15) is 116 Å². The molecule has 22 nitrogen and oxygen atoms in total. The largest absolute Gasteiger partial charge is 0.504 e. The maximum Gasteiger partial charge on any atom is 0.330 e. The summed E-state index contributed by atoms with van der Waals surface area (Å²) >= 11 is 0. The van der Waals surface area contributed by atoms with Crippen LogP contribution >= 0.6 is 0 Å². The first-order chi connectivity index (χ1) is 42.2. The van der Waals surface area contributed by atoms with Crippen molar-refractivity contribution in [2.75, 3.05) is 74.8 Å². The van der Waals surface area contributed by atoms with Crippen molar-refractivity contribution in [3.8, 4) is 23.0 Å². The number of rotatable bonds is 12. The first kappa shape index (κ1) is 69.6. The molecular weight excluding hydrogens is 1140 g/mol. The molecule has 0 spiro atoms. The lowest BCUT2D eigenvalue weighted by atomic mass is 9.87. The number of nitrogens with zero attached hydrogens (tertiary/aromatic N) is 4. The number of cyclic esters (lactones) is 2. The molecule has 6 amide bonds. The second-order valence-corrected chi connectivity index (χ2v) is 24.2. The molecule has 89 heavy (non-hydrogen) atoms. The predicted octanol–water partition coefficient (Wildman–Crippen LogP) is 6.60. The van der Waals surface area contributed by atoms with E-state index in [0.717, 1.165) is 16.8 Å². The number of hydrogen-bond acceptors (Lipinski definition) is 16. The van der Waals surface area contributed by atoms with Crippen LogP contribution in [0.4, 0.5) is 0 Å². The Kier molecular flexibility index (Phi) is 25.1. The smallest absolute Gasteiger partial charge is 0.330 e. The van der Waals surface area contributed by atoms with E-state index < -0.39 is 114 Å². The topological polar surface area (TPSA) is 266 Å².